The number of halogens is 1. The average molecular weight is 393 g/mol. The van der Waals surface area contributed by atoms with Gasteiger partial charge in [0.1, 0.15) is 11.5 Å². The Morgan fingerprint density at radius 1 is 1.19 bits per heavy atom. The number of benzene rings is 2. The molecule has 1 amide bonds. The maximum atomic E-state index is 12.5. The van der Waals surface area contributed by atoms with E-state index in [9.17, 15) is 4.79 Å². The largest absolute Gasteiger partial charge is 0.495 e. The normalized spacial score (nSPS) is 10.1. The van der Waals surface area contributed by atoms with Crippen LogP contribution in [0.5, 0.6) is 11.5 Å². The van der Waals surface area contributed by atoms with Gasteiger partial charge in [-0.25, -0.2) is 0 Å². The Balaban J connectivity index is 2.01. The highest BCUT2D eigenvalue weighted by molar-refractivity contribution is 7.80. The van der Waals surface area contributed by atoms with Crippen LogP contribution in [-0.4, -0.2) is 24.7 Å². The maximum absolute atomic E-state index is 12.5. The van der Waals surface area contributed by atoms with E-state index in [1.54, 1.807) is 43.5 Å². The number of methoxy groups -OCH3 is 1. The van der Waals surface area contributed by atoms with Crippen LogP contribution in [0.2, 0.25) is 5.02 Å². The van der Waals surface area contributed by atoms with Crippen molar-refractivity contribution in [1.82, 2.24) is 5.32 Å². The van der Waals surface area contributed by atoms with Crippen LogP contribution < -0.4 is 20.1 Å². The molecule has 0 fully saturated rings. The zero-order chi connectivity index (χ0) is 18.9. The van der Waals surface area contributed by atoms with Crippen LogP contribution in [0.25, 0.3) is 0 Å². The van der Waals surface area contributed by atoms with Gasteiger partial charge in [-0.15, -0.1) is 0 Å². The highest BCUT2D eigenvalue weighted by atomic mass is 35.5. The number of rotatable bonds is 7. The van der Waals surface area contributed by atoms with Gasteiger partial charge in [0.15, 0.2) is 5.11 Å². The van der Waals surface area contributed by atoms with Gasteiger partial charge in [0.05, 0.1) is 24.3 Å². The molecule has 2 aromatic carbocycles. The average Bonchev–Trinajstić information content (AvgIpc) is 2.62. The van der Waals surface area contributed by atoms with Gasteiger partial charge in [-0.3, -0.25) is 10.1 Å². The van der Waals surface area contributed by atoms with E-state index in [-0.39, 0.29) is 11.0 Å². The zero-order valence-electron chi connectivity index (χ0n) is 14.7. The molecule has 0 heterocycles. The zero-order valence-corrected chi connectivity index (χ0v) is 16.2. The van der Waals surface area contributed by atoms with Crippen LogP contribution >= 0.6 is 23.8 Å². The molecule has 0 spiro atoms. The number of para-hydroxylation sites is 1. The predicted molar refractivity (Wildman–Crippen MR) is 109 cm³/mol. The molecule has 2 aromatic rings. The summed E-state index contributed by atoms with van der Waals surface area (Å²) in [5.41, 5.74) is 1.08. The van der Waals surface area contributed by atoms with Crippen molar-refractivity contribution >= 4 is 40.5 Å². The first kappa shape index (κ1) is 20.0. The molecule has 0 aliphatic heterocycles. The van der Waals surface area contributed by atoms with Crippen LogP contribution in [0.4, 0.5) is 5.69 Å². The minimum Gasteiger partial charge on any atom is -0.495 e. The van der Waals surface area contributed by atoms with E-state index >= 15 is 0 Å². The Hall–Kier alpha value is -2.31. The van der Waals surface area contributed by atoms with Gasteiger partial charge in [0, 0.05) is 5.69 Å². The molecule has 2 N–H and O–H groups in total. The summed E-state index contributed by atoms with van der Waals surface area (Å²) in [6.07, 6.45) is 1.95. The van der Waals surface area contributed by atoms with E-state index in [1.807, 2.05) is 6.07 Å². The molecule has 2 rings (SSSR count). The molecule has 7 heteroatoms. The van der Waals surface area contributed by atoms with Crippen molar-refractivity contribution in [2.75, 3.05) is 19.0 Å². The van der Waals surface area contributed by atoms with Crippen molar-refractivity contribution in [3.05, 3.63) is 53.1 Å². The Morgan fingerprint density at radius 2 is 1.96 bits per heavy atom. The quantitative estimate of drug-likeness (QED) is 0.530. The van der Waals surface area contributed by atoms with E-state index in [0.29, 0.717) is 34.4 Å². The summed E-state index contributed by atoms with van der Waals surface area (Å²) in [5, 5.41) is 6.19. The van der Waals surface area contributed by atoms with Gasteiger partial charge in [-0.2, -0.15) is 0 Å². The summed E-state index contributed by atoms with van der Waals surface area (Å²) in [7, 11) is 1.54. The smallest absolute Gasteiger partial charge is 0.261 e. The lowest BCUT2D eigenvalue weighted by atomic mass is 10.2. The lowest BCUT2D eigenvalue weighted by Crippen LogP contribution is -2.34. The van der Waals surface area contributed by atoms with E-state index in [4.69, 9.17) is 33.3 Å². The Morgan fingerprint density at radius 3 is 2.65 bits per heavy atom. The standard InChI is InChI=1S/C19H21ClN2O3S/c1-3-4-11-25-16-8-6-5-7-14(16)18(23)22-19(26)21-13-9-10-17(24-2)15(20)12-13/h5-10,12H,3-4,11H2,1-2H3,(H2,21,22,23,26). The fraction of sp³-hybridized carbons (Fsp3) is 0.263. The summed E-state index contributed by atoms with van der Waals surface area (Å²) < 4.78 is 10.8. The van der Waals surface area contributed by atoms with Crippen LogP contribution in [0, 0.1) is 0 Å². The highest BCUT2D eigenvalue weighted by Gasteiger charge is 2.14. The number of hydrogen-bond donors (Lipinski definition) is 2. The predicted octanol–water partition coefficient (Wildman–Crippen LogP) is 4.65. The summed E-state index contributed by atoms with van der Waals surface area (Å²) in [6.45, 7) is 2.64. The number of nitrogens with one attached hydrogen (secondary N) is 2. The fourth-order valence-corrected chi connectivity index (χ4v) is 2.65. The number of hydrogen-bond acceptors (Lipinski definition) is 4. The molecule has 0 atom stereocenters. The van der Waals surface area contributed by atoms with Crippen molar-refractivity contribution in [3.63, 3.8) is 0 Å². The Kier molecular flexibility index (Phi) is 7.69. The molecule has 0 saturated carbocycles. The van der Waals surface area contributed by atoms with Gasteiger partial charge >= 0.3 is 0 Å². The van der Waals surface area contributed by atoms with Crippen LogP contribution in [0.1, 0.15) is 30.1 Å². The Bertz CT molecular complexity index is 783. The molecule has 0 unspecified atom stereocenters. The SMILES string of the molecule is CCCCOc1ccccc1C(=O)NC(=S)Nc1ccc(OC)c(Cl)c1. The van der Waals surface area contributed by atoms with E-state index in [2.05, 4.69) is 17.6 Å². The lowest BCUT2D eigenvalue weighted by molar-refractivity contribution is 0.0973. The van der Waals surface area contributed by atoms with Crippen LogP contribution in [0.3, 0.4) is 0 Å². The maximum Gasteiger partial charge on any atom is 0.261 e. The van der Waals surface area contributed by atoms with Gasteiger partial charge in [0.2, 0.25) is 0 Å². The minimum absolute atomic E-state index is 0.166. The van der Waals surface area contributed by atoms with Gasteiger partial charge < -0.3 is 14.8 Å². The second-order valence-corrected chi connectivity index (χ2v) is 6.27. The summed E-state index contributed by atoms with van der Waals surface area (Å²) in [6, 6.07) is 12.2. The number of carbonyl (C=O) groups is 1. The first-order valence-electron chi connectivity index (χ1n) is 8.22. The molecule has 0 aliphatic carbocycles. The topological polar surface area (TPSA) is 59.6 Å². The number of unbranched alkanes of at least 4 members (excludes halogenated alkanes) is 1. The summed E-state index contributed by atoms with van der Waals surface area (Å²) in [5.74, 6) is 0.758. The molecule has 0 bridgehead atoms. The number of ether oxygens (including phenoxy) is 2. The minimum atomic E-state index is -0.339. The van der Waals surface area contributed by atoms with Gasteiger partial charge in [-0.05, 0) is 49.0 Å². The third kappa shape index (κ3) is 5.61. The summed E-state index contributed by atoms with van der Waals surface area (Å²) in [4.78, 5) is 12.5. The molecule has 0 aromatic heterocycles. The molecular weight excluding hydrogens is 372 g/mol. The monoisotopic (exact) mass is 392 g/mol. The van der Waals surface area contributed by atoms with Gasteiger partial charge in [-0.1, -0.05) is 37.1 Å². The molecule has 5 nitrogen and oxygen atoms in total. The lowest BCUT2D eigenvalue weighted by Gasteiger charge is -2.13. The number of amides is 1. The van der Waals surface area contributed by atoms with E-state index < -0.39 is 0 Å². The van der Waals surface area contributed by atoms with E-state index in [0.717, 1.165) is 12.8 Å². The molecule has 0 aliphatic rings. The second-order valence-electron chi connectivity index (χ2n) is 5.46. The van der Waals surface area contributed by atoms with Crippen LogP contribution in [-0.2, 0) is 0 Å². The van der Waals surface area contributed by atoms with Crippen molar-refractivity contribution < 1.29 is 14.3 Å². The molecule has 0 saturated heterocycles. The second kappa shape index (κ2) is 9.99. The van der Waals surface area contributed by atoms with Crippen molar-refractivity contribution in [3.8, 4) is 11.5 Å². The molecule has 0 radical (unpaired) electrons. The third-order valence-electron chi connectivity index (χ3n) is 3.52. The van der Waals surface area contributed by atoms with Crippen molar-refractivity contribution in [2.45, 2.75) is 19.8 Å². The first-order valence-corrected chi connectivity index (χ1v) is 9.01. The molecule has 138 valence electrons. The number of carbonyl (C=O) groups excluding carboxylic acids is 1. The summed E-state index contributed by atoms with van der Waals surface area (Å²) >= 11 is 11.3. The van der Waals surface area contributed by atoms with E-state index in [1.165, 1.54) is 0 Å². The third-order valence-corrected chi connectivity index (χ3v) is 4.02. The van der Waals surface area contributed by atoms with Crippen LogP contribution in [0.15, 0.2) is 42.5 Å². The molecule has 26 heavy (non-hydrogen) atoms. The van der Waals surface area contributed by atoms with Crippen molar-refractivity contribution in [1.29, 1.82) is 0 Å². The van der Waals surface area contributed by atoms with Crippen molar-refractivity contribution in [2.24, 2.45) is 0 Å². The first-order chi connectivity index (χ1) is 12.5. The van der Waals surface area contributed by atoms with Gasteiger partial charge in [0.25, 0.3) is 5.91 Å². The number of thiocarbonyl (C=S) groups is 1. The highest BCUT2D eigenvalue weighted by Crippen LogP contribution is 2.27. The number of anilines is 1. The molecular formula is C19H21ClN2O3S. The Labute approximate surface area is 163 Å². The fourth-order valence-electron chi connectivity index (χ4n) is 2.18.